The lowest BCUT2D eigenvalue weighted by molar-refractivity contribution is 0.0904. The summed E-state index contributed by atoms with van der Waals surface area (Å²) in [6.45, 7) is 2.82. The fourth-order valence-corrected chi connectivity index (χ4v) is 2.92. The van der Waals surface area contributed by atoms with Gasteiger partial charge in [-0.3, -0.25) is 9.48 Å². The van der Waals surface area contributed by atoms with Crippen molar-refractivity contribution < 1.29 is 14.3 Å². The molecule has 4 rings (SSSR count). The van der Waals surface area contributed by atoms with Crippen molar-refractivity contribution >= 4 is 11.6 Å². The highest BCUT2D eigenvalue weighted by Crippen LogP contribution is 2.17. The Bertz CT molecular complexity index is 916. The molecule has 1 fully saturated rings. The second kappa shape index (κ2) is 6.21. The first-order valence-corrected chi connectivity index (χ1v) is 8.08. The molecule has 1 amide bonds. The number of hydrogen-bond donors (Lipinski definition) is 1. The van der Waals surface area contributed by atoms with Crippen LogP contribution < -0.4 is 10.1 Å². The lowest BCUT2D eigenvalue weighted by Crippen LogP contribution is -2.45. The van der Waals surface area contributed by atoms with Crippen molar-refractivity contribution in [2.45, 2.75) is 19.1 Å². The van der Waals surface area contributed by atoms with E-state index in [-0.39, 0.29) is 18.1 Å². The summed E-state index contributed by atoms with van der Waals surface area (Å²) in [6.07, 6.45) is 6.81. The Morgan fingerprint density at radius 2 is 2.28 bits per heavy atom. The maximum Gasteiger partial charge on any atom is 0.251 e. The smallest absolute Gasteiger partial charge is 0.251 e. The van der Waals surface area contributed by atoms with Crippen LogP contribution in [0.2, 0.25) is 0 Å². The zero-order valence-electron chi connectivity index (χ0n) is 14.0. The highest BCUT2D eigenvalue weighted by Gasteiger charge is 2.32. The van der Waals surface area contributed by atoms with Crippen LogP contribution in [-0.4, -0.2) is 50.4 Å². The molecule has 1 aliphatic rings. The second-order valence-corrected chi connectivity index (χ2v) is 6.17. The molecule has 0 radical (unpaired) electrons. The number of aryl methyl sites for hydroxylation is 2. The van der Waals surface area contributed by atoms with Gasteiger partial charge in [-0.15, -0.1) is 0 Å². The Morgan fingerprint density at radius 1 is 1.40 bits per heavy atom. The number of ether oxygens (including phenoxy) is 2. The second-order valence-electron chi connectivity index (χ2n) is 6.17. The lowest BCUT2D eigenvalue weighted by atomic mass is 10.2. The Morgan fingerprint density at radius 3 is 3.08 bits per heavy atom. The predicted octanol–water partition coefficient (Wildman–Crippen LogP) is 0.952. The highest BCUT2D eigenvalue weighted by molar-refractivity contribution is 5.95. The van der Waals surface area contributed by atoms with Gasteiger partial charge in [-0.1, -0.05) is 0 Å². The number of rotatable bonds is 4. The van der Waals surface area contributed by atoms with Gasteiger partial charge >= 0.3 is 0 Å². The van der Waals surface area contributed by atoms with Crippen molar-refractivity contribution in [2.24, 2.45) is 7.05 Å². The number of pyridine rings is 1. The topological polar surface area (TPSA) is 82.7 Å². The van der Waals surface area contributed by atoms with Gasteiger partial charge in [-0.05, 0) is 19.1 Å². The number of hydrogen-bond acceptors (Lipinski definition) is 5. The monoisotopic (exact) mass is 341 g/mol. The summed E-state index contributed by atoms with van der Waals surface area (Å²) >= 11 is 0. The maximum absolute atomic E-state index is 12.6. The number of aromatic nitrogens is 4. The molecule has 1 aliphatic heterocycles. The van der Waals surface area contributed by atoms with Crippen molar-refractivity contribution in [3.63, 3.8) is 0 Å². The molecule has 0 spiro atoms. The summed E-state index contributed by atoms with van der Waals surface area (Å²) in [7, 11) is 1.82. The van der Waals surface area contributed by atoms with Gasteiger partial charge < -0.3 is 19.2 Å². The molecule has 3 aromatic rings. The van der Waals surface area contributed by atoms with E-state index in [1.165, 1.54) is 0 Å². The van der Waals surface area contributed by atoms with Crippen LogP contribution in [0.4, 0.5) is 0 Å². The number of nitrogens with zero attached hydrogens (tertiary/aromatic N) is 4. The number of carbonyl (C=O) groups is 1. The summed E-state index contributed by atoms with van der Waals surface area (Å²) in [5, 5.41) is 7.07. The fourth-order valence-electron chi connectivity index (χ4n) is 2.92. The molecule has 130 valence electrons. The van der Waals surface area contributed by atoms with Gasteiger partial charge in [-0.2, -0.15) is 5.10 Å². The Kier molecular flexibility index (Phi) is 3.89. The van der Waals surface area contributed by atoms with Gasteiger partial charge in [0.25, 0.3) is 5.91 Å². The molecule has 0 bridgehead atoms. The molecule has 4 heterocycles. The molecule has 25 heavy (non-hydrogen) atoms. The molecule has 8 heteroatoms. The third-order valence-corrected chi connectivity index (χ3v) is 4.27. The van der Waals surface area contributed by atoms with Gasteiger partial charge in [0, 0.05) is 30.7 Å². The van der Waals surface area contributed by atoms with E-state index in [0.29, 0.717) is 24.5 Å². The Hall–Kier alpha value is -2.87. The maximum atomic E-state index is 12.6. The zero-order valence-corrected chi connectivity index (χ0v) is 14.0. The van der Waals surface area contributed by atoms with E-state index in [1.54, 1.807) is 35.4 Å². The summed E-state index contributed by atoms with van der Waals surface area (Å²) < 4.78 is 15.0. The summed E-state index contributed by atoms with van der Waals surface area (Å²) in [5.74, 6) is 0.491. The van der Waals surface area contributed by atoms with Crippen LogP contribution in [-0.2, 0) is 11.8 Å². The van der Waals surface area contributed by atoms with Gasteiger partial charge in [-0.25, -0.2) is 4.98 Å². The van der Waals surface area contributed by atoms with Crippen molar-refractivity contribution in [3.05, 3.63) is 48.2 Å². The summed E-state index contributed by atoms with van der Waals surface area (Å²) in [5.41, 5.74) is 2.33. The van der Waals surface area contributed by atoms with Crippen LogP contribution in [0.25, 0.3) is 5.65 Å². The largest absolute Gasteiger partial charge is 0.482 e. The first-order chi connectivity index (χ1) is 12.1. The minimum Gasteiger partial charge on any atom is -0.482 e. The van der Waals surface area contributed by atoms with Crippen LogP contribution in [0.1, 0.15) is 16.1 Å². The van der Waals surface area contributed by atoms with Crippen LogP contribution in [0.5, 0.6) is 5.75 Å². The van der Waals surface area contributed by atoms with Crippen LogP contribution in [0, 0.1) is 6.92 Å². The number of imidazole rings is 1. The van der Waals surface area contributed by atoms with Crippen molar-refractivity contribution in [3.8, 4) is 5.75 Å². The molecule has 2 atom stereocenters. The Balaban J connectivity index is 1.46. The first kappa shape index (κ1) is 15.6. The van der Waals surface area contributed by atoms with Gasteiger partial charge in [0.1, 0.15) is 11.8 Å². The Labute approximate surface area is 144 Å². The van der Waals surface area contributed by atoms with Crippen molar-refractivity contribution in [1.29, 1.82) is 0 Å². The normalized spacial score (nSPS) is 20.1. The molecular formula is C17H19N5O3. The molecule has 1 N–H and O–H groups in total. The number of amides is 1. The molecule has 3 aromatic heterocycles. The molecule has 1 saturated heterocycles. The first-order valence-electron chi connectivity index (χ1n) is 8.08. The van der Waals surface area contributed by atoms with E-state index < -0.39 is 0 Å². The van der Waals surface area contributed by atoms with Gasteiger partial charge in [0.15, 0.2) is 5.75 Å². The average Bonchev–Trinajstić information content (AvgIpc) is 3.30. The number of carbonyl (C=O) groups excluding carboxylic acids is 1. The average molecular weight is 341 g/mol. The van der Waals surface area contributed by atoms with E-state index in [9.17, 15) is 4.79 Å². The fraction of sp³-hybridized carbons (Fsp3) is 0.353. The molecule has 0 unspecified atom stereocenters. The predicted molar refractivity (Wildman–Crippen MR) is 89.6 cm³/mol. The third-order valence-electron chi connectivity index (χ3n) is 4.27. The quantitative estimate of drug-likeness (QED) is 0.764. The van der Waals surface area contributed by atoms with E-state index in [0.717, 1.165) is 11.3 Å². The van der Waals surface area contributed by atoms with E-state index in [2.05, 4.69) is 15.4 Å². The molecule has 8 nitrogen and oxygen atoms in total. The third kappa shape index (κ3) is 3.08. The minimum atomic E-state index is -0.245. The highest BCUT2D eigenvalue weighted by atomic mass is 16.5. The van der Waals surface area contributed by atoms with E-state index in [1.807, 2.05) is 24.6 Å². The van der Waals surface area contributed by atoms with Crippen LogP contribution in [0.3, 0.4) is 0 Å². The van der Waals surface area contributed by atoms with Crippen LogP contribution >= 0.6 is 0 Å². The standard InChI is InChI=1S/C17H19N5O3/c1-11-6-18-16-5-12(3-4-22(11)16)17(23)20-14-9-24-10-15(14)25-13-7-19-21(2)8-13/h3-8,14-15H,9-10H2,1-2H3,(H,20,23)/t14-,15+/m0/s1. The van der Waals surface area contributed by atoms with E-state index >= 15 is 0 Å². The summed E-state index contributed by atoms with van der Waals surface area (Å²) in [4.78, 5) is 16.9. The van der Waals surface area contributed by atoms with Gasteiger partial charge in [0.2, 0.25) is 0 Å². The van der Waals surface area contributed by atoms with Crippen molar-refractivity contribution in [2.75, 3.05) is 13.2 Å². The lowest BCUT2D eigenvalue weighted by Gasteiger charge is -2.19. The number of nitrogens with one attached hydrogen (secondary N) is 1. The molecule has 0 saturated carbocycles. The minimum absolute atomic E-state index is 0.168. The van der Waals surface area contributed by atoms with Crippen molar-refractivity contribution in [1.82, 2.24) is 24.5 Å². The van der Waals surface area contributed by atoms with E-state index in [4.69, 9.17) is 9.47 Å². The SMILES string of the molecule is Cc1cnc2cc(C(=O)N[C@H]3COC[C@H]3Oc3cnn(C)c3)ccn12. The number of fused-ring (bicyclic) bond motifs is 1. The molecular weight excluding hydrogens is 322 g/mol. The van der Waals surface area contributed by atoms with Crippen LogP contribution in [0.15, 0.2) is 36.9 Å². The zero-order chi connectivity index (χ0) is 17.4. The summed E-state index contributed by atoms with van der Waals surface area (Å²) in [6, 6.07) is 3.34. The van der Waals surface area contributed by atoms with Gasteiger partial charge in [0.05, 0.1) is 31.6 Å². The molecule has 0 aliphatic carbocycles. The molecule has 0 aromatic carbocycles.